The zero-order valence-electron chi connectivity index (χ0n) is 13.2. The largest absolute Gasteiger partial charge is 0.398 e. The maximum atomic E-state index is 6.02. The van der Waals surface area contributed by atoms with Gasteiger partial charge in [0, 0.05) is 42.8 Å². The zero-order valence-corrected chi connectivity index (χ0v) is 13.2. The van der Waals surface area contributed by atoms with Crippen LogP contribution in [-0.2, 0) is 0 Å². The molecule has 1 heterocycles. The van der Waals surface area contributed by atoms with E-state index in [1.165, 1.54) is 0 Å². The van der Waals surface area contributed by atoms with Crippen LogP contribution in [0.2, 0.25) is 0 Å². The van der Waals surface area contributed by atoms with E-state index in [1.54, 1.807) is 6.33 Å². The Morgan fingerprint density at radius 2 is 1.78 bits per heavy atom. The second kappa shape index (κ2) is 6.36. The SMILES string of the molecule is CN(C)c1cccc(Nc2cc(-c3ccccc3N)ncn2)c1. The molecule has 2 aromatic carbocycles. The summed E-state index contributed by atoms with van der Waals surface area (Å²) >= 11 is 0. The summed E-state index contributed by atoms with van der Waals surface area (Å²) in [5, 5.41) is 3.31. The van der Waals surface area contributed by atoms with Crippen LogP contribution in [0.5, 0.6) is 0 Å². The molecule has 0 amide bonds. The van der Waals surface area contributed by atoms with Gasteiger partial charge in [-0.15, -0.1) is 0 Å². The first-order valence-corrected chi connectivity index (χ1v) is 7.35. The molecule has 0 bridgehead atoms. The van der Waals surface area contributed by atoms with Crippen molar-refractivity contribution in [3.05, 3.63) is 60.9 Å². The third-order valence-corrected chi connectivity index (χ3v) is 3.54. The van der Waals surface area contributed by atoms with Crippen molar-refractivity contribution in [3.63, 3.8) is 0 Å². The summed E-state index contributed by atoms with van der Waals surface area (Å²) in [7, 11) is 4.03. The molecule has 0 atom stereocenters. The van der Waals surface area contributed by atoms with Crippen LogP contribution in [0, 0.1) is 0 Å². The first-order valence-electron chi connectivity index (χ1n) is 7.35. The van der Waals surface area contributed by atoms with Crippen LogP contribution in [0.15, 0.2) is 60.9 Å². The van der Waals surface area contributed by atoms with E-state index in [2.05, 4.69) is 32.3 Å². The molecule has 0 unspecified atom stereocenters. The summed E-state index contributed by atoms with van der Waals surface area (Å²) < 4.78 is 0. The van der Waals surface area contributed by atoms with Crippen molar-refractivity contribution in [2.45, 2.75) is 0 Å². The van der Waals surface area contributed by atoms with Crippen LogP contribution in [0.3, 0.4) is 0 Å². The van der Waals surface area contributed by atoms with Gasteiger partial charge in [0.2, 0.25) is 0 Å². The van der Waals surface area contributed by atoms with Gasteiger partial charge in [-0.1, -0.05) is 24.3 Å². The fraction of sp³-hybridized carbons (Fsp3) is 0.111. The van der Waals surface area contributed by atoms with Crippen molar-refractivity contribution in [2.75, 3.05) is 30.0 Å². The topological polar surface area (TPSA) is 67.1 Å². The lowest BCUT2D eigenvalue weighted by atomic mass is 10.1. The molecule has 0 aliphatic heterocycles. The maximum Gasteiger partial charge on any atom is 0.134 e. The fourth-order valence-corrected chi connectivity index (χ4v) is 2.31. The Hall–Kier alpha value is -3.08. The number of para-hydroxylation sites is 1. The molecule has 5 heteroatoms. The van der Waals surface area contributed by atoms with Crippen molar-refractivity contribution in [1.29, 1.82) is 0 Å². The van der Waals surface area contributed by atoms with Gasteiger partial charge in [0.15, 0.2) is 0 Å². The first kappa shape index (κ1) is 14.8. The highest BCUT2D eigenvalue weighted by molar-refractivity contribution is 5.75. The number of nitrogen functional groups attached to an aromatic ring is 1. The van der Waals surface area contributed by atoms with E-state index in [0.29, 0.717) is 5.69 Å². The van der Waals surface area contributed by atoms with Gasteiger partial charge in [0.05, 0.1) is 5.69 Å². The van der Waals surface area contributed by atoms with Gasteiger partial charge in [-0.2, -0.15) is 0 Å². The molecule has 0 spiro atoms. The summed E-state index contributed by atoms with van der Waals surface area (Å²) in [6.45, 7) is 0. The van der Waals surface area contributed by atoms with Gasteiger partial charge in [0.25, 0.3) is 0 Å². The molecule has 0 fully saturated rings. The number of nitrogens with zero attached hydrogens (tertiary/aromatic N) is 3. The summed E-state index contributed by atoms with van der Waals surface area (Å²) in [4.78, 5) is 10.7. The van der Waals surface area contributed by atoms with Crippen molar-refractivity contribution in [1.82, 2.24) is 9.97 Å². The van der Waals surface area contributed by atoms with E-state index in [9.17, 15) is 0 Å². The lowest BCUT2D eigenvalue weighted by molar-refractivity contribution is 1.13. The van der Waals surface area contributed by atoms with Gasteiger partial charge in [-0.3, -0.25) is 0 Å². The standard InChI is InChI=1S/C18H19N5/c1-23(2)14-7-5-6-13(10-14)22-18-11-17(20-12-21-18)15-8-3-4-9-16(15)19/h3-12H,19H2,1-2H3,(H,20,21,22). The average molecular weight is 305 g/mol. The van der Waals surface area contributed by atoms with Crippen LogP contribution in [0.25, 0.3) is 11.3 Å². The number of nitrogens with two attached hydrogens (primary N) is 1. The van der Waals surface area contributed by atoms with E-state index in [4.69, 9.17) is 5.73 Å². The Bertz CT molecular complexity index is 814. The molecule has 5 nitrogen and oxygen atoms in total. The molecule has 3 aromatic rings. The number of hydrogen-bond donors (Lipinski definition) is 2. The maximum absolute atomic E-state index is 6.02. The third-order valence-electron chi connectivity index (χ3n) is 3.54. The number of rotatable bonds is 4. The molecule has 23 heavy (non-hydrogen) atoms. The van der Waals surface area contributed by atoms with Gasteiger partial charge in [-0.25, -0.2) is 9.97 Å². The van der Waals surface area contributed by atoms with E-state index in [0.717, 1.165) is 28.5 Å². The van der Waals surface area contributed by atoms with Gasteiger partial charge in [0.1, 0.15) is 12.1 Å². The molecule has 0 saturated heterocycles. The average Bonchev–Trinajstić information content (AvgIpc) is 2.56. The van der Waals surface area contributed by atoms with Gasteiger partial charge >= 0.3 is 0 Å². The Labute approximate surface area is 135 Å². The lowest BCUT2D eigenvalue weighted by Crippen LogP contribution is -2.08. The number of nitrogens with one attached hydrogen (secondary N) is 1. The van der Waals surface area contributed by atoms with Crippen LogP contribution in [0.1, 0.15) is 0 Å². The van der Waals surface area contributed by atoms with Crippen LogP contribution in [-0.4, -0.2) is 24.1 Å². The Kier molecular flexibility index (Phi) is 4.10. The molecule has 116 valence electrons. The minimum atomic E-state index is 0.701. The highest BCUT2D eigenvalue weighted by Gasteiger charge is 2.06. The van der Waals surface area contributed by atoms with Crippen molar-refractivity contribution < 1.29 is 0 Å². The summed E-state index contributed by atoms with van der Waals surface area (Å²) in [5.41, 5.74) is 10.5. The van der Waals surface area contributed by atoms with E-state index >= 15 is 0 Å². The van der Waals surface area contributed by atoms with E-state index < -0.39 is 0 Å². The Morgan fingerprint density at radius 1 is 0.957 bits per heavy atom. The van der Waals surface area contributed by atoms with Crippen molar-refractivity contribution in [3.8, 4) is 11.3 Å². The highest BCUT2D eigenvalue weighted by atomic mass is 15.1. The normalized spacial score (nSPS) is 10.3. The Morgan fingerprint density at radius 3 is 2.57 bits per heavy atom. The number of benzene rings is 2. The molecule has 0 saturated carbocycles. The summed E-state index contributed by atoms with van der Waals surface area (Å²) in [5.74, 6) is 0.731. The van der Waals surface area contributed by atoms with Crippen LogP contribution in [0.4, 0.5) is 22.9 Å². The van der Waals surface area contributed by atoms with Gasteiger partial charge in [-0.05, 0) is 24.3 Å². The highest BCUT2D eigenvalue weighted by Crippen LogP contribution is 2.26. The Balaban J connectivity index is 1.89. The third kappa shape index (κ3) is 3.40. The minimum absolute atomic E-state index is 0.701. The van der Waals surface area contributed by atoms with Crippen LogP contribution >= 0.6 is 0 Å². The monoisotopic (exact) mass is 305 g/mol. The number of hydrogen-bond acceptors (Lipinski definition) is 5. The minimum Gasteiger partial charge on any atom is -0.398 e. The fourth-order valence-electron chi connectivity index (χ4n) is 2.31. The molecule has 3 rings (SSSR count). The van der Waals surface area contributed by atoms with Crippen molar-refractivity contribution in [2.24, 2.45) is 0 Å². The van der Waals surface area contributed by atoms with Gasteiger partial charge < -0.3 is 16.0 Å². The second-order valence-corrected chi connectivity index (χ2v) is 5.45. The van der Waals surface area contributed by atoms with Crippen LogP contribution < -0.4 is 16.0 Å². The molecular weight excluding hydrogens is 286 g/mol. The molecular formula is C18H19N5. The first-order chi connectivity index (χ1) is 11.1. The lowest BCUT2D eigenvalue weighted by Gasteiger charge is -2.14. The van der Waals surface area contributed by atoms with E-state index in [1.807, 2.05) is 56.6 Å². The summed E-state index contributed by atoms with van der Waals surface area (Å²) in [6, 6.07) is 17.7. The molecule has 0 radical (unpaired) electrons. The molecule has 1 aromatic heterocycles. The second-order valence-electron chi connectivity index (χ2n) is 5.45. The quantitative estimate of drug-likeness (QED) is 0.722. The molecule has 0 aliphatic rings. The smallest absolute Gasteiger partial charge is 0.134 e. The molecule has 3 N–H and O–H groups in total. The van der Waals surface area contributed by atoms with E-state index in [-0.39, 0.29) is 0 Å². The summed E-state index contributed by atoms with van der Waals surface area (Å²) in [6.07, 6.45) is 1.54. The number of aromatic nitrogens is 2. The zero-order chi connectivity index (χ0) is 16.2. The number of anilines is 4. The predicted octanol–water partition coefficient (Wildman–Crippen LogP) is 3.54. The molecule has 0 aliphatic carbocycles. The predicted molar refractivity (Wildman–Crippen MR) is 95.9 cm³/mol. The van der Waals surface area contributed by atoms with Crippen molar-refractivity contribution >= 4 is 22.9 Å².